The monoisotopic (exact) mass is 306 g/mol. The van der Waals surface area contributed by atoms with Gasteiger partial charge >= 0.3 is 0 Å². The summed E-state index contributed by atoms with van der Waals surface area (Å²) in [5.74, 6) is 0.844. The second-order valence-corrected chi connectivity index (χ2v) is 5.83. The molecule has 2 rings (SSSR count). The smallest absolute Gasteiger partial charge is 0.191 e. The standard InChI is InChI=1S/C17H30N4O/c1-18-17(19-10-14-21-12-6-7-13-21)20-11-15-22-16-8-4-2-3-5-9-16/h6-7,12-13,16H,2-5,8-11,14-15H2,1H3,(H2,18,19,20). The van der Waals surface area contributed by atoms with Crippen molar-refractivity contribution >= 4 is 5.96 Å². The first kappa shape index (κ1) is 16.9. The minimum absolute atomic E-state index is 0.466. The first-order chi connectivity index (χ1) is 10.9. The normalized spacial score (nSPS) is 17.2. The third-order valence-corrected chi connectivity index (χ3v) is 4.10. The van der Waals surface area contributed by atoms with E-state index in [1.807, 2.05) is 12.1 Å². The molecule has 0 aliphatic heterocycles. The van der Waals surface area contributed by atoms with E-state index in [0.29, 0.717) is 6.10 Å². The summed E-state index contributed by atoms with van der Waals surface area (Å²) in [4.78, 5) is 4.24. The van der Waals surface area contributed by atoms with Gasteiger partial charge in [-0.15, -0.1) is 0 Å². The summed E-state index contributed by atoms with van der Waals surface area (Å²) in [6.07, 6.45) is 12.4. The number of guanidine groups is 1. The van der Waals surface area contributed by atoms with Gasteiger partial charge in [-0.1, -0.05) is 25.7 Å². The minimum Gasteiger partial charge on any atom is -0.376 e. The summed E-state index contributed by atoms with van der Waals surface area (Å²) < 4.78 is 8.12. The Morgan fingerprint density at radius 2 is 1.77 bits per heavy atom. The maximum absolute atomic E-state index is 5.97. The van der Waals surface area contributed by atoms with Crippen molar-refractivity contribution in [1.29, 1.82) is 0 Å². The number of aromatic nitrogens is 1. The Balaban J connectivity index is 1.54. The largest absolute Gasteiger partial charge is 0.376 e. The molecule has 0 unspecified atom stereocenters. The van der Waals surface area contributed by atoms with Crippen molar-refractivity contribution in [2.24, 2.45) is 4.99 Å². The lowest BCUT2D eigenvalue weighted by atomic mass is 10.1. The fourth-order valence-electron chi connectivity index (χ4n) is 2.85. The van der Waals surface area contributed by atoms with E-state index in [9.17, 15) is 0 Å². The maximum Gasteiger partial charge on any atom is 0.191 e. The summed E-state index contributed by atoms with van der Waals surface area (Å²) in [7, 11) is 1.80. The average molecular weight is 306 g/mol. The Morgan fingerprint density at radius 1 is 1.09 bits per heavy atom. The van der Waals surface area contributed by atoms with E-state index in [4.69, 9.17) is 4.74 Å². The molecule has 0 spiro atoms. The van der Waals surface area contributed by atoms with E-state index in [1.54, 1.807) is 7.05 Å². The topological polar surface area (TPSA) is 50.6 Å². The van der Waals surface area contributed by atoms with E-state index in [-0.39, 0.29) is 0 Å². The zero-order valence-corrected chi connectivity index (χ0v) is 13.8. The molecule has 2 N–H and O–H groups in total. The van der Waals surface area contributed by atoms with Crippen LogP contribution in [0.5, 0.6) is 0 Å². The number of nitrogens with zero attached hydrogens (tertiary/aromatic N) is 2. The van der Waals surface area contributed by atoms with Crippen LogP contribution in [0.1, 0.15) is 38.5 Å². The van der Waals surface area contributed by atoms with E-state index < -0.39 is 0 Å². The summed E-state index contributed by atoms with van der Waals surface area (Å²) in [5.41, 5.74) is 0. The molecule has 0 aromatic carbocycles. The number of hydrogen-bond donors (Lipinski definition) is 2. The molecule has 1 aliphatic carbocycles. The molecule has 0 radical (unpaired) electrons. The predicted molar refractivity (Wildman–Crippen MR) is 91.2 cm³/mol. The lowest BCUT2D eigenvalue weighted by Crippen LogP contribution is -2.40. The first-order valence-corrected chi connectivity index (χ1v) is 8.55. The highest BCUT2D eigenvalue weighted by Crippen LogP contribution is 2.19. The SMILES string of the molecule is CN=C(NCCOC1CCCCCC1)NCCn1cccc1. The van der Waals surface area contributed by atoms with Gasteiger partial charge in [0.05, 0.1) is 12.7 Å². The molecule has 1 saturated carbocycles. The highest BCUT2D eigenvalue weighted by Gasteiger charge is 2.11. The molecule has 1 aromatic heterocycles. The second-order valence-electron chi connectivity index (χ2n) is 5.83. The molecule has 0 bridgehead atoms. The van der Waals surface area contributed by atoms with Gasteiger partial charge in [0, 0.05) is 39.1 Å². The van der Waals surface area contributed by atoms with Crippen LogP contribution in [0.2, 0.25) is 0 Å². The fourth-order valence-corrected chi connectivity index (χ4v) is 2.85. The van der Waals surface area contributed by atoms with Crippen molar-refractivity contribution in [2.45, 2.75) is 51.2 Å². The summed E-state index contributed by atoms with van der Waals surface area (Å²) in [6.45, 7) is 3.35. The summed E-state index contributed by atoms with van der Waals surface area (Å²) in [5, 5.41) is 6.63. The lowest BCUT2D eigenvalue weighted by molar-refractivity contribution is 0.0468. The Labute approximate surface area is 134 Å². The van der Waals surface area contributed by atoms with Crippen LogP contribution in [0.3, 0.4) is 0 Å². The molecule has 1 aromatic rings. The van der Waals surface area contributed by atoms with Crippen molar-refractivity contribution in [3.63, 3.8) is 0 Å². The van der Waals surface area contributed by atoms with Gasteiger partial charge in [0.1, 0.15) is 0 Å². The van der Waals surface area contributed by atoms with E-state index in [1.165, 1.54) is 38.5 Å². The van der Waals surface area contributed by atoms with Crippen LogP contribution < -0.4 is 10.6 Å². The van der Waals surface area contributed by atoms with Gasteiger partial charge in [-0.25, -0.2) is 0 Å². The highest BCUT2D eigenvalue weighted by molar-refractivity contribution is 5.79. The Hall–Kier alpha value is -1.49. The van der Waals surface area contributed by atoms with Crippen molar-refractivity contribution < 1.29 is 4.74 Å². The number of aliphatic imine (C=N–C) groups is 1. The molecule has 1 fully saturated rings. The molecule has 1 aliphatic rings. The van der Waals surface area contributed by atoms with Crippen LogP contribution >= 0.6 is 0 Å². The Bertz CT molecular complexity index is 408. The van der Waals surface area contributed by atoms with Crippen LogP contribution in [-0.4, -0.2) is 43.4 Å². The minimum atomic E-state index is 0.466. The van der Waals surface area contributed by atoms with Crippen LogP contribution in [0.15, 0.2) is 29.5 Å². The number of rotatable bonds is 7. The predicted octanol–water partition coefficient (Wildman–Crippen LogP) is 2.39. The first-order valence-electron chi connectivity index (χ1n) is 8.55. The fraction of sp³-hybridized carbons (Fsp3) is 0.706. The lowest BCUT2D eigenvalue weighted by Gasteiger charge is -2.17. The van der Waals surface area contributed by atoms with Gasteiger partial charge in [0.15, 0.2) is 5.96 Å². The summed E-state index contributed by atoms with van der Waals surface area (Å²) >= 11 is 0. The van der Waals surface area contributed by atoms with E-state index in [2.05, 4.69) is 32.6 Å². The molecule has 22 heavy (non-hydrogen) atoms. The van der Waals surface area contributed by atoms with Gasteiger partial charge in [-0.05, 0) is 25.0 Å². The molecule has 0 saturated heterocycles. The molecule has 5 heteroatoms. The van der Waals surface area contributed by atoms with Gasteiger partial charge in [-0.2, -0.15) is 0 Å². The average Bonchev–Trinajstić information content (AvgIpc) is 2.92. The molecule has 0 amide bonds. The van der Waals surface area contributed by atoms with Crippen LogP contribution in [-0.2, 0) is 11.3 Å². The quantitative estimate of drug-likeness (QED) is 0.352. The van der Waals surface area contributed by atoms with Crippen molar-refractivity contribution in [2.75, 3.05) is 26.7 Å². The Morgan fingerprint density at radius 3 is 2.45 bits per heavy atom. The summed E-state index contributed by atoms with van der Waals surface area (Å²) in [6, 6.07) is 4.08. The number of hydrogen-bond acceptors (Lipinski definition) is 2. The van der Waals surface area contributed by atoms with Crippen LogP contribution in [0, 0.1) is 0 Å². The van der Waals surface area contributed by atoms with Gasteiger partial charge in [-0.3, -0.25) is 4.99 Å². The second kappa shape index (κ2) is 10.3. The highest BCUT2D eigenvalue weighted by atomic mass is 16.5. The maximum atomic E-state index is 5.97. The van der Waals surface area contributed by atoms with Crippen molar-refractivity contribution in [3.8, 4) is 0 Å². The van der Waals surface area contributed by atoms with E-state index >= 15 is 0 Å². The molecule has 5 nitrogen and oxygen atoms in total. The molecular weight excluding hydrogens is 276 g/mol. The molecule has 124 valence electrons. The molecule has 0 atom stereocenters. The van der Waals surface area contributed by atoms with Crippen LogP contribution in [0.25, 0.3) is 0 Å². The van der Waals surface area contributed by atoms with Gasteiger partial charge in [0.25, 0.3) is 0 Å². The number of ether oxygens (including phenoxy) is 1. The van der Waals surface area contributed by atoms with Crippen molar-refractivity contribution in [1.82, 2.24) is 15.2 Å². The van der Waals surface area contributed by atoms with Gasteiger partial charge in [0.2, 0.25) is 0 Å². The zero-order valence-electron chi connectivity index (χ0n) is 13.8. The molecule has 1 heterocycles. The zero-order chi connectivity index (χ0) is 15.5. The molecular formula is C17H30N4O. The Kier molecular flexibility index (Phi) is 7.88. The van der Waals surface area contributed by atoms with Crippen molar-refractivity contribution in [3.05, 3.63) is 24.5 Å². The van der Waals surface area contributed by atoms with Gasteiger partial charge < -0.3 is 19.9 Å². The third kappa shape index (κ3) is 6.52. The van der Waals surface area contributed by atoms with Crippen LogP contribution in [0.4, 0.5) is 0 Å². The third-order valence-electron chi connectivity index (χ3n) is 4.10. The number of nitrogens with one attached hydrogen (secondary N) is 2. The van der Waals surface area contributed by atoms with E-state index in [0.717, 1.165) is 32.2 Å².